The topological polar surface area (TPSA) is 40.5 Å². The average molecular weight is 315 g/mol. The number of nitrogens with zero attached hydrogens (tertiary/aromatic N) is 1. The van der Waals surface area contributed by atoms with Gasteiger partial charge in [0.15, 0.2) is 0 Å². The molecule has 1 aromatic carbocycles. The zero-order chi connectivity index (χ0) is 16.1. The van der Waals surface area contributed by atoms with Crippen molar-refractivity contribution in [1.29, 1.82) is 0 Å². The molecule has 0 heterocycles. The SMILES string of the molecule is O=C(O)c1ccc(CN(C2CCCCC2)C2CCCCC2)cc1. The van der Waals surface area contributed by atoms with Gasteiger partial charge in [0.2, 0.25) is 0 Å². The Bertz CT molecular complexity index is 481. The third-order valence-electron chi connectivity index (χ3n) is 5.65. The van der Waals surface area contributed by atoms with Crippen LogP contribution in [0.1, 0.15) is 80.1 Å². The average Bonchev–Trinajstić information content (AvgIpc) is 2.61. The van der Waals surface area contributed by atoms with Crippen LogP contribution in [-0.4, -0.2) is 28.1 Å². The Labute approximate surface area is 139 Å². The molecule has 0 saturated heterocycles. The highest BCUT2D eigenvalue weighted by atomic mass is 16.4. The van der Waals surface area contributed by atoms with Crippen molar-refractivity contribution in [1.82, 2.24) is 4.90 Å². The van der Waals surface area contributed by atoms with Crippen LogP contribution in [0, 0.1) is 0 Å². The molecule has 1 N–H and O–H groups in total. The van der Waals surface area contributed by atoms with Gasteiger partial charge in [-0.2, -0.15) is 0 Å². The number of aromatic carboxylic acids is 1. The van der Waals surface area contributed by atoms with Crippen LogP contribution in [0.4, 0.5) is 0 Å². The Morgan fingerprint density at radius 3 is 1.78 bits per heavy atom. The van der Waals surface area contributed by atoms with Crippen molar-refractivity contribution in [2.75, 3.05) is 0 Å². The Hall–Kier alpha value is -1.35. The van der Waals surface area contributed by atoms with Gasteiger partial charge in [-0.3, -0.25) is 4.90 Å². The van der Waals surface area contributed by atoms with Crippen molar-refractivity contribution in [3.8, 4) is 0 Å². The van der Waals surface area contributed by atoms with E-state index in [-0.39, 0.29) is 0 Å². The van der Waals surface area contributed by atoms with E-state index in [9.17, 15) is 4.79 Å². The zero-order valence-corrected chi connectivity index (χ0v) is 14.0. The fraction of sp³-hybridized carbons (Fsp3) is 0.650. The van der Waals surface area contributed by atoms with Crippen molar-refractivity contribution in [3.63, 3.8) is 0 Å². The van der Waals surface area contributed by atoms with Gasteiger partial charge >= 0.3 is 5.97 Å². The molecule has 2 fully saturated rings. The summed E-state index contributed by atoms with van der Waals surface area (Å²) < 4.78 is 0. The third kappa shape index (κ3) is 4.35. The van der Waals surface area contributed by atoms with Crippen LogP contribution < -0.4 is 0 Å². The minimum absolute atomic E-state index is 0.385. The van der Waals surface area contributed by atoms with Crippen LogP contribution >= 0.6 is 0 Å². The number of carboxylic acids is 1. The lowest BCUT2D eigenvalue weighted by Crippen LogP contribution is -2.44. The molecule has 3 nitrogen and oxygen atoms in total. The molecule has 0 atom stereocenters. The van der Waals surface area contributed by atoms with Crippen molar-refractivity contribution >= 4 is 5.97 Å². The summed E-state index contributed by atoms with van der Waals surface area (Å²) in [6, 6.07) is 8.95. The lowest BCUT2D eigenvalue weighted by Gasteiger charge is -2.41. The van der Waals surface area contributed by atoms with Gasteiger partial charge in [0.25, 0.3) is 0 Å². The van der Waals surface area contributed by atoms with Crippen molar-refractivity contribution < 1.29 is 9.90 Å². The molecular weight excluding hydrogens is 286 g/mol. The number of carbonyl (C=O) groups is 1. The smallest absolute Gasteiger partial charge is 0.335 e. The van der Waals surface area contributed by atoms with Gasteiger partial charge in [-0.15, -0.1) is 0 Å². The van der Waals surface area contributed by atoms with E-state index in [0.29, 0.717) is 5.56 Å². The monoisotopic (exact) mass is 315 g/mol. The summed E-state index contributed by atoms with van der Waals surface area (Å²) in [7, 11) is 0. The second-order valence-corrected chi connectivity index (χ2v) is 7.26. The van der Waals surface area contributed by atoms with Gasteiger partial charge < -0.3 is 5.11 Å². The van der Waals surface area contributed by atoms with Crippen molar-refractivity contribution in [2.45, 2.75) is 82.8 Å². The number of hydrogen-bond acceptors (Lipinski definition) is 2. The van der Waals surface area contributed by atoms with E-state index in [2.05, 4.69) is 4.90 Å². The maximum absolute atomic E-state index is 11.0. The Kier molecular flexibility index (Phi) is 5.71. The van der Waals surface area contributed by atoms with Gasteiger partial charge in [-0.1, -0.05) is 50.7 Å². The van der Waals surface area contributed by atoms with Crippen LogP contribution in [0.2, 0.25) is 0 Å². The lowest BCUT2D eigenvalue weighted by atomic mass is 9.88. The highest BCUT2D eigenvalue weighted by molar-refractivity contribution is 5.87. The quantitative estimate of drug-likeness (QED) is 0.844. The summed E-state index contributed by atoms with van der Waals surface area (Å²) >= 11 is 0. The largest absolute Gasteiger partial charge is 0.478 e. The highest BCUT2D eigenvalue weighted by Gasteiger charge is 2.28. The molecule has 0 radical (unpaired) electrons. The van der Waals surface area contributed by atoms with Crippen LogP contribution in [0.15, 0.2) is 24.3 Å². The summed E-state index contributed by atoms with van der Waals surface area (Å²) in [5.74, 6) is -0.840. The molecule has 0 aliphatic heterocycles. The fourth-order valence-electron chi connectivity index (χ4n) is 4.35. The van der Waals surface area contributed by atoms with Crippen LogP contribution in [0.5, 0.6) is 0 Å². The molecule has 23 heavy (non-hydrogen) atoms. The standard InChI is InChI=1S/C20H29NO2/c22-20(23)17-13-11-16(12-14-17)15-21(18-7-3-1-4-8-18)19-9-5-2-6-10-19/h11-14,18-19H,1-10,15H2,(H,22,23). The minimum atomic E-state index is -0.840. The van der Waals surface area contributed by atoms with Gasteiger partial charge in [0, 0.05) is 18.6 Å². The first kappa shape index (κ1) is 16.5. The third-order valence-corrected chi connectivity index (χ3v) is 5.65. The molecule has 1 aromatic rings. The first-order chi connectivity index (χ1) is 11.2. The van der Waals surface area contributed by atoms with Crippen LogP contribution in [-0.2, 0) is 6.54 Å². The van der Waals surface area contributed by atoms with E-state index in [0.717, 1.165) is 18.6 Å². The van der Waals surface area contributed by atoms with E-state index in [1.165, 1.54) is 69.8 Å². The summed E-state index contributed by atoms with van der Waals surface area (Å²) in [4.78, 5) is 13.8. The van der Waals surface area contributed by atoms with Gasteiger partial charge in [0.05, 0.1) is 5.56 Å². The molecule has 2 aliphatic carbocycles. The first-order valence-corrected chi connectivity index (χ1v) is 9.32. The summed E-state index contributed by atoms with van der Waals surface area (Å²) in [5.41, 5.74) is 1.64. The molecule has 2 aliphatic rings. The molecule has 0 bridgehead atoms. The van der Waals surface area contributed by atoms with E-state index in [1.807, 2.05) is 12.1 Å². The van der Waals surface area contributed by atoms with Crippen LogP contribution in [0.25, 0.3) is 0 Å². The maximum atomic E-state index is 11.0. The lowest BCUT2D eigenvalue weighted by molar-refractivity contribution is 0.0695. The van der Waals surface area contributed by atoms with Gasteiger partial charge in [-0.05, 0) is 43.4 Å². The predicted octanol–water partition coefficient (Wildman–Crippen LogP) is 4.85. The minimum Gasteiger partial charge on any atom is -0.478 e. The molecule has 2 saturated carbocycles. The Morgan fingerprint density at radius 2 is 1.35 bits per heavy atom. The molecule has 0 spiro atoms. The molecular formula is C20H29NO2. The van der Waals surface area contributed by atoms with E-state index in [1.54, 1.807) is 12.1 Å². The molecule has 126 valence electrons. The van der Waals surface area contributed by atoms with Crippen molar-refractivity contribution in [3.05, 3.63) is 35.4 Å². The summed E-state index contributed by atoms with van der Waals surface area (Å²) in [5, 5.41) is 9.05. The van der Waals surface area contributed by atoms with E-state index < -0.39 is 5.97 Å². The molecule has 0 aromatic heterocycles. The number of benzene rings is 1. The van der Waals surface area contributed by atoms with E-state index >= 15 is 0 Å². The van der Waals surface area contributed by atoms with Gasteiger partial charge in [0.1, 0.15) is 0 Å². The Morgan fingerprint density at radius 1 is 0.870 bits per heavy atom. The van der Waals surface area contributed by atoms with Crippen molar-refractivity contribution in [2.24, 2.45) is 0 Å². The Balaban J connectivity index is 1.72. The second kappa shape index (κ2) is 7.96. The summed E-state index contributed by atoms with van der Waals surface area (Å²) in [6.45, 7) is 0.981. The molecule has 0 unspecified atom stereocenters. The van der Waals surface area contributed by atoms with Crippen LogP contribution in [0.3, 0.4) is 0 Å². The predicted molar refractivity (Wildman–Crippen MR) is 92.7 cm³/mol. The second-order valence-electron chi connectivity index (χ2n) is 7.26. The molecule has 3 heteroatoms. The normalized spacial score (nSPS) is 20.7. The maximum Gasteiger partial charge on any atom is 0.335 e. The van der Waals surface area contributed by atoms with Gasteiger partial charge in [-0.25, -0.2) is 4.79 Å². The molecule has 3 rings (SSSR count). The first-order valence-electron chi connectivity index (χ1n) is 9.32. The highest BCUT2D eigenvalue weighted by Crippen LogP contribution is 2.31. The summed E-state index contributed by atoms with van der Waals surface area (Å²) in [6.07, 6.45) is 13.6. The number of rotatable bonds is 5. The number of carboxylic acid groups (broad SMARTS) is 1. The fourth-order valence-corrected chi connectivity index (χ4v) is 4.35. The van der Waals surface area contributed by atoms with E-state index in [4.69, 9.17) is 5.11 Å². The number of hydrogen-bond donors (Lipinski definition) is 1. The zero-order valence-electron chi connectivity index (χ0n) is 14.0. The molecule has 0 amide bonds.